The van der Waals surface area contributed by atoms with Crippen molar-refractivity contribution in [3.8, 4) is 0 Å². The van der Waals surface area contributed by atoms with Crippen molar-refractivity contribution in [3.63, 3.8) is 0 Å². The third-order valence-electron chi connectivity index (χ3n) is 2.34. The molecule has 82 valence electrons. The first-order chi connectivity index (χ1) is 6.61. The van der Waals surface area contributed by atoms with Gasteiger partial charge in [0.25, 0.3) is 0 Å². The second-order valence-electron chi connectivity index (χ2n) is 3.31. The second-order valence-corrected chi connectivity index (χ2v) is 3.31. The average molecular weight is 204 g/mol. The first-order valence-electron chi connectivity index (χ1n) is 4.76. The van der Waals surface area contributed by atoms with Crippen LogP contribution in [0.25, 0.3) is 0 Å². The molecule has 1 rings (SSSR count). The smallest absolute Gasteiger partial charge is 0.340 e. The minimum absolute atomic E-state index is 0.0764. The lowest BCUT2D eigenvalue weighted by molar-refractivity contribution is -0.178. The first-order valence-corrected chi connectivity index (χ1v) is 4.76. The lowest BCUT2D eigenvalue weighted by Gasteiger charge is -2.27. The third-order valence-corrected chi connectivity index (χ3v) is 2.34. The number of ether oxygens (including phenoxy) is 2. The number of aliphatic hydroxyl groups excluding tert-OH is 1. The largest absolute Gasteiger partial charge is 0.464 e. The molecule has 0 amide bonds. The summed E-state index contributed by atoms with van der Waals surface area (Å²) >= 11 is 0. The molecule has 1 aliphatic heterocycles. The highest BCUT2D eigenvalue weighted by Crippen LogP contribution is 2.23. The van der Waals surface area contributed by atoms with Crippen LogP contribution in [0.1, 0.15) is 19.8 Å². The van der Waals surface area contributed by atoms with Crippen LogP contribution in [0.4, 0.5) is 0 Å². The van der Waals surface area contributed by atoms with E-state index in [2.05, 4.69) is 0 Å². The lowest BCUT2D eigenvalue weighted by Crippen LogP contribution is -2.50. The topological polar surface area (TPSA) is 76.0 Å². The van der Waals surface area contributed by atoms with E-state index in [1.165, 1.54) is 0 Å². The number of hydrogen-bond acceptors (Lipinski definition) is 5. The molecule has 2 atom stereocenters. The summed E-state index contributed by atoms with van der Waals surface area (Å²) in [5.74, 6) is -0.766. The lowest BCUT2D eigenvalue weighted by atomic mass is 9.92. The van der Waals surface area contributed by atoms with Crippen molar-refractivity contribution in [1.82, 2.24) is 0 Å². The summed E-state index contributed by atoms with van der Waals surface area (Å²) < 4.78 is 9.77. The van der Waals surface area contributed by atoms with Gasteiger partial charge in [-0.05, 0) is 6.92 Å². The summed E-state index contributed by atoms with van der Waals surface area (Å²) in [5.41, 5.74) is -1.80. The van der Waals surface area contributed by atoms with E-state index in [0.717, 1.165) is 0 Å². The molecule has 0 spiro atoms. The van der Waals surface area contributed by atoms with Gasteiger partial charge in [-0.3, -0.25) is 0 Å². The molecule has 0 radical (unpaired) electrons. The van der Waals surface area contributed by atoms with Crippen molar-refractivity contribution >= 4 is 5.97 Å². The second kappa shape index (κ2) is 4.72. The van der Waals surface area contributed by atoms with Gasteiger partial charge in [0, 0.05) is 26.1 Å². The van der Waals surface area contributed by atoms with Crippen molar-refractivity contribution in [2.24, 2.45) is 0 Å². The molecular formula is C9H16O5. The molecule has 0 aromatic heterocycles. The van der Waals surface area contributed by atoms with Crippen LogP contribution in [0.15, 0.2) is 0 Å². The fraction of sp³-hybridized carbons (Fsp3) is 0.889. The Bertz CT molecular complexity index is 205. The van der Waals surface area contributed by atoms with Crippen molar-refractivity contribution < 1.29 is 24.5 Å². The van der Waals surface area contributed by atoms with Crippen LogP contribution < -0.4 is 0 Å². The molecule has 5 heteroatoms. The van der Waals surface area contributed by atoms with E-state index in [1.807, 2.05) is 0 Å². The van der Waals surface area contributed by atoms with Crippen molar-refractivity contribution in [2.75, 3.05) is 19.8 Å². The highest BCUT2D eigenvalue weighted by molar-refractivity contribution is 5.80. The zero-order valence-electron chi connectivity index (χ0n) is 8.23. The molecule has 0 aliphatic carbocycles. The van der Waals surface area contributed by atoms with E-state index < -0.39 is 17.7 Å². The van der Waals surface area contributed by atoms with E-state index in [4.69, 9.17) is 9.47 Å². The van der Waals surface area contributed by atoms with Gasteiger partial charge in [-0.25, -0.2) is 4.79 Å². The van der Waals surface area contributed by atoms with E-state index in [9.17, 15) is 15.0 Å². The van der Waals surface area contributed by atoms with Crippen molar-refractivity contribution in [2.45, 2.75) is 31.5 Å². The zero-order chi connectivity index (χ0) is 10.6. The van der Waals surface area contributed by atoms with Crippen LogP contribution in [0, 0.1) is 0 Å². The van der Waals surface area contributed by atoms with Crippen molar-refractivity contribution in [1.29, 1.82) is 0 Å². The van der Waals surface area contributed by atoms with Crippen LogP contribution in [0.2, 0.25) is 0 Å². The van der Waals surface area contributed by atoms with Gasteiger partial charge >= 0.3 is 5.97 Å². The average Bonchev–Trinajstić information content (AvgIpc) is 2.31. The predicted molar refractivity (Wildman–Crippen MR) is 47.6 cm³/mol. The third kappa shape index (κ3) is 2.23. The summed E-state index contributed by atoms with van der Waals surface area (Å²) in [6, 6.07) is 0. The fourth-order valence-electron chi connectivity index (χ4n) is 1.42. The maximum Gasteiger partial charge on any atom is 0.340 e. The Morgan fingerprint density at radius 1 is 1.64 bits per heavy atom. The summed E-state index contributed by atoms with van der Waals surface area (Å²) in [5, 5.41) is 19.5. The van der Waals surface area contributed by atoms with E-state index in [-0.39, 0.29) is 26.1 Å². The molecule has 1 aliphatic rings. The molecule has 1 heterocycles. The minimum Gasteiger partial charge on any atom is -0.464 e. The van der Waals surface area contributed by atoms with Crippen LogP contribution in [-0.4, -0.2) is 47.7 Å². The predicted octanol–water partition coefficient (Wildman–Crippen LogP) is -0.548. The standard InChI is InChI=1S/C9H16O5/c1-2-14-8(11)9(12)4-6-13-5-3-7(9)10/h7,10,12H,2-6H2,1H3/t7-,9+/m1/s1. The number of aliphatic hydroxyl groups is 2. The Morgan fingerprint density at radius 3 is 3.00 bits per heavy atom. The van der Waals surface area contributed by atoms with Gasteiger partial charge in [0.1, 0.15) is 0 Å². The first kappa shape index (κ1) is 11.4. The molecule has 5 nitrogen and oxygen atoms in total. The Labute approximate surface area is 82.6 Å². The quantitative estimate of drug-likeness (QED) is 0.590. The molecule has 2 N–H and O–H groups in total. The van der Waals surface area contributed by atoms with Gasteiger partial charge in [0.2, 0.25) is 0 Å². The van der Waals surface area contributed by atoms with E-state index in [0.29, 0.717) is 6.61 Å². The van der Waals surface area contributed by atoms with Gasteiger partial charge in [-0.2, -0.15) is 0 Å². The molecule has 0 unspecified atom stereocenters. The summed E-state index contributed by atoms with van der Waals surface area (Å²) in [4.78, 5) is 11.4. The number of esters is 1. The van der Waals surface area contributed by atoms with Gasteiger partial charge in [0.15, 0.2) is 5.60 Å². The monoisotopic (exact) mass is 204 g/mol. The SMILES string of the molecule is CCOC(=O)[C@]1(O)CCOCC[C@H]1O. The molecular weight excluding hydrogens is 188 g/mol. The Hall–Kier alpha value is -0.650. The van der Waals surface area contributed by atoms with E-state index >= 15 is 0 Å². The van der Waals surface area contributed by atoms with Crippen molar-refractivity contribution in [3.05, 3.63) is 0 Å². The molecule has 14 heavy (non-hydrogen) atoms. The Morgan fingerprint density at radius 2 is 2.36 bits per heavy atom. The molecule has 0 bridgehead atoms. The number of carbonyl (C=O) groups excluding carboxylic acids is 1. The number of hydrogen-bond donors (Lipinski definition) is 2. The van der Waals surface area contributed by atoms with Crippen LogP contribution in [0.3, 0.4) is 0 Å². The highest BCUT2D eigenvalue weighted by Gasteiger charge is 2.45. The summed E-state index contributed by atoms with van der Waals surface area (Å²) in [6.07, 6.45) is -0.786. The maximum absolute atomic E-state index is 11.4. The Kier molecular flexibility index (Phi) is 3.86. The molecule has 0 aromatic rings. The highest BCUT2D eigenvalue weighted by atomic mass is 16.6. The molecule has 0 aromatic carbocycles. The number of carbonyl (C=O) groups is 1. The van der Waals surface area contributed by atoms with Crippen LogP contribution in [0.5, 0.6) is 0 Å². The molecule has 1 fully saturated rings. The molecule has 1 saturated heterocycles. The normalized spacial score (nSPS) is 33.5. The van der Waals surface area contributed by atoms with Gasteiger partial charge in [-0.1, -0.05) is 0 Å². The zero-order valence-corrected chi connectivity index (χ0v) is 8.23. The van der Waals surface area contributed by atoms with Crippen LogP contribution >= 0.6 is 0 Å². The van der Waals surface area contributed by atoms with Gasteiger partial charge in [-0.15, -0.1) is 0 Å². The maximum atomic E-state index is 11.4. The van der Waals surface area contributed by atoms with Gasteiger partial charge in [0.05, 0.1) is 12.7 Å². The summed E-state index contributed by atoms with van der Waals surface area (Å²) in [7, 11) is 0. The van der Waals surface area contributed by atoms with Gasteiger partial charge < -0.3 is 19.7 Å². The molecule has 0 saturated carbocycles. The number of rotatable bonds is 2. The minimum atomic E-state index is -1.80. The Balaban J connectivity index is 2.71. The fourth-order valence-corrected chi connectivity index (χ4v) is 1.42. The van der Waals surface area contributed by atoms with Crippen LogP contribution in [-0.2, 0) is 14.3 Å². The van der Waals surface area contributed by atoms with E-state index in [1.54, 1.807) is 6.92 Å². The summed E-state index contributed by atoms with van der Waals surface area (Å²) in [6.45, 7) is 2.45.